The number of anilines is 1. The van der Waals surface area contributed by atoms with Gasteiger partial charge in [-0.1, -0.05) is 11.2 Å². The van der Waals surface area contributed by atoms with Gasteiger partial charge >= 0.3 is 0 Å². The Morgan fingerprint density at radius 3 is 2.86 bits per heavy atom. The fraction of sp³-hybridized carbons (Fsp3) is 0.357. The van der Waals surface area contributed by atoms with E-state index in [9.17, 15) is 9.59 Å². The van der Waals surface area contributed by atoms with Crippen LogP contribution in [0.5, 0.6) is 0 Å². The van der Waals surface area contributed by atoms with Crippen LogP contribution in [0.4, 0.5) is 5.82 Å². The van der Waals surface area contributed by atoms with Crippen LogP contribution in [0.15, 0.2) is 28.1 Å². The number of nitrogens with one attached hydrogen (secondary N) is 1. The van der Waals surface area contributed by atoms with Gasteiger partial charge < -0.3 is 9.84 Å². The number of hydrogen-bond donors (Lipinski definition) is 1. The molecule has 2 amide bonds. The minimum absolute atomic E-state index is 0.0581. The zero-order valence-electron chi connectivity index (χ0n) is 12.0. The fourth-order valence-corrected chi connectivity index (χ4v) is 2.56. The van der Waals surface area contributed by atoms with Crippen molar-refractivity contribution >= 4 is 29.0 Å². The van der Waals surface area contributed by atoms with Crippen molar-refractivity contribution < 1.29 is 14.1 Å². The molecule has 1 N–H and O–H groups in total. The summed E-state index contributed by atoms with van der Waals surface area (Å²) in [7, 11) is 0. The molecule has 6 nitrogen and oxygen atoms in total. The van der Waals surface area contributed by atoms with Crippen LogP contribution in [0, 0.1) is 6.92 Å². The highest BCUT2D eigenvalue weighted by Crippen LogP contribution is 2.13. The third kappa shape index (κ3) is 4.42. The zero-order chi connectivity index (χ0) is 15.2. The third-order valence-corrected chi connectivity index (χ3v) is 3.72. The predicted octanol–water partition coefficient (Wildman–Crippen LogP) is 1.76. The Labute approximate surface area is 126 Å². The average Bonchev–Trinajstić information content (AvgIpc) is 3.06. The smallest absolute Gasteiger partial charge is 0.225 e. The summed E-state index contributed by atoms with van der Waals surface area (Å²) >= 11 is 1.55. The minimum Gasteiger partial charge on any atom is -0.360 e. The van der Waals surface area contributed by atoms with Gasteiger partial charge in [0, 0.05) is 31.0 Å². The average molecular weight is 307 g/mol. The number of carbonyl (C=O) groups is 2. The van der Waals surface area contributed by atoms with E-state index in [-0.39, 0.29) is 11.8 Å². The molecule has 0 radical (unpaired) electrons. The molecule has 0 aliphatic heterocycles. The molecule has 2 aromatic rings. The van der Waals surface area contributed by atoms with Gasteiger partial charge in [-0.05, 0) is 18.4 Å². The van der Waals surface area contributed by atoms with Gasteiger partial charge in [0.05, 0.1) is 6.42 Å². The Hall–Kier alpha value is -2.15. The number of carbonyl (C=O) groups excluding carboxylic acids is 2. The summed E-state index contributed by atoms with van der Waals surface area (Å²) in [4.78, 5) is 25.9. The molecule has 0 aromatic carbocycles. The summed E-state index contributed by atoms with van der Waals surface area (Å²) in [6, 6.07) is 5.52. The molecule has 0 unspecified atom stereocenters. The van der Waals surface area contributed by atoms with Crippen molar-refractivity contribution in [1.82, 2.24) is 10.5 Å². The quantitative estimate of drug-likeness (QED) is 0.882. The number of thiophene rings is 1. The van der Waals surface area contributed by atoms with Crippen molar-refractivity contribution in [3.05, 3.63) is 34.2 Å². The third-order valence-electron chi connectivity index (χ3n) is 2.84. The Balaban J connectivity index is 1.82. The highest BCUT2D eigenvalue weighted by molar-refractivity contribution is 7.10. The molecule has 0 saturated carbocycles. The number of hydrogen-bond acceptors (Lipinski definition) is 5. The van der Waals surface area contributed by atoms with Crippen LogP contribution in [-0.4, -0.2) is 30.1 Å². The molecule has 0 bridgehead atoms. The Bertz CT molecular complexity index is 607. The molecule has 2 aromatic heterocycles. The van der Waals surface area contributed by atoms with Gasteiger partial charge in [-0.15, -0.1) is 11.3 Å². The predicted molar refractivity (Wildman–Crippen MR) is 80.3 cm³/mol. The SMILES string of the molecule is CC(=O)N(CCNC(=O)Cc1cccs1)c1cc(C)on1. The van der Waals surface area contributed by atoms with Gasteiger partial charge in [0.25, 0.3) is 0 Å². The van der Waals surface area contributed by atoms with Crippen LogP contribution in [0.2, 0.25) is 0 Å². The van der Waals surface area contributed by atoms with Gasteiger partial charge in [0.1, 0.15) is 5.76 Å². The molecule has 2 rings (SSSR count). The van der Waals surface area contributed by atoms with Gasteiger partial charge in [-0.25, -0.2) is 0 Å². The summed E-state index contributed by atoms with van der Waals surface area (Å²) in [5, 5.41) is 8.55. The largest absolute Gasteiger partial charge is 0.360 e. The Morgan fingerprint density at radius 1 is 1.48 bits per heavy atom. The van der Waals surface area contributed by atoms with Crippen molar-refractivity contribution in [2.24, 2.45) is 0 Å². The second-order valence-electron chi connectivity index (χ2n) is 4.57. The molecule has 7 heteroatoms. The Morgan fingerprint density at radius 2 is 2.29 bits per heavy atom. The van der Waals surface area contributed by atoms with Gasteiger partial charge in [-0.3, -0.25) is 14.5 Å². The number of rotatable bonds is 6. The van der Waals surface area contributed by atoms with Crippen molar-refractivity contribution in [2.75, 3.05) is 18.0 Å². The lowest BCUT2D eigenvalue weighted by Gasteiger charge is -2.17. The Kier molecular flexibility index (Phi) is 5.10. The van der Waals surface area contributed by atoms with Crippen LogP contribution in [0.1, 0.15) is 17.6 Å². The number of amides is 2. The molecule has 0 spiro atoms. The van der Waals surface area contributed by atoms with Crippen molar-refractivity contribution in [3.8, 4) is 0 Å². The molecule has 0 fully saturated rings. The normalized spacial score (nSPS) is 10.4. The lowest BCUT2D eigenvalue weighted by Crippen LogP contribution is -2.38. The summed E-state index contributed by atoms with van der Waals surface area (Å²) in [5.41, 5.74) is 0. The monoisotopic (exact) mass is 307 g/mol. The lowest BCUT2D eigenvalue weighted by molar-refractivity contribution is -0.120. The van der Waals surface area contributed by atoms with E-state index in [2.05, 4.69) is 10.5 Å². The molecule has 112 valence electrons. The fourth-order valence-electron chi connectivity index (χ4n) is 1.85. The van der Waals surface area contributed by atoms with Crippen molar-refractivity contribution in [1.29, 1.82) is 0 Å². The van der Waals surface area contributed by atoms with Gasteiger partial charge in [-0.2, -0.15) is 0 Å². The minimum atomic E-state index is -0.143. The van der Waals surface area contributed by atoms with Crippen LogP contribution in [-0.2, 0) is 16.0 Å². The summed E-state index contributed by atoms with van der Waals surface area (Å²) < 4.78 is 4.96. The maximum Gasteiger partial charge on any atom is 0.225 e. The first-order chi connectivity index (χ1) is 10.1. The molecule has 21 heavy (non-hydrogen) atoms. The molecule has 0 atom stereocenters. The number of aromatic nitrogens is 1. The first kappa shape index (κ1) is 15.2. The van der Waals surface area contributed by atoms with E-state index >= 15 is 0 Å². The van der Waals surface area contributed by atoms with E-state index in [1.807, 2.05) is 17.5 Å². The van der Waals surface area contributed by atoms with E-state index in [0.29, 0.717) is 31.1 Å². The van der Waals surface area contributed by atoms with Crippen LogP contribution < -0.4 is 10.2 Å². The highest BCUT2D eigenvalue weighted by atomic mass is 32.1. The lowest BCUT2D eigenvalue weighted by atomic mass is 10.3. The van der Waals surface area contributed by atoms with E-state index in [4.69, 9.17) is 4.52 Å². The second-order valence-corrected chi connectivity index (χ2v) is 5.60. The molecular weight excluding hydrogens is 290 g/mol. The molecule has 0 aliphatic carbocycles. The van der Waals surface area contributed by atoms with E-state index in [1.54, 1.807) is 24.3 Å². The second kappa shape index (κ2) is 7.03. The molecule has 0 saturated heterocycles. The summed E-state index contributed by atoms with van der Waals surface area (Å²) in [6.07, 6.45) is 0.362. The molecule has 2 heterocycles. The topological polar surface area (TPSA) is 75.4 Å². The van der Waals surface area contributed by atoms with E-state index < -0.39 is 0 Å². The van der Waals surface area contributed by atoms with Crippen LogP contribution in [0.3, 0.4) is 0 Å². The van der Waals surface area contributed by atoms with Crippen molar-refractivity contribution in [3.63, 3.8) is 0 Å². The van der Waals surface area contributed by atoms with Gasteiger partial charge in [0.2, 0.25) is 11.8 Å². The van der Waals surface area contributed by atoms with Crippen LogP contribution in [0.25, 0.3) is 0 Å². The maximum atomic E-state index is 11.8. The zero-order valence-corrected chi connectivity index (χ0v) is 12.8. The first-order valence-corrected chi connectivity index (χ1v) is 7.44. The van der Waals surface area contributed by atoms with E-state index in [0.717, 1.165) is 4.88 Å². The first-order valence-electron chi connectivity index (χ1n) is 6.57. The summed E-state index contributed by atoms with van der Waals surface area (Å²) in [5.74, 6) is 0.901. The highest BCUT2D eigenvalue weighted by Gasteiger charge is 2.15. The number of nitrogens with zero attached hydrogens (tertiary/aromatic N) is 2. The van der Waals surface area contributed by atoms with E-state index in [1.165, 1.54) is 11.8 Å². The number of aryl methyl sites for hydroxylation is 1. The molecular formula is C14H17N3O3S. The van der Waals surface area contributed by atoms with Crippen LogP contribution >= 0.6 is 11.3 Å². The van der Waals surface area contributed by atoms with Crippen molar-refractivity contribution in [2.45, 2.75) is 20.3 Å². The maximum absolute atomic E-state index is 11.8. The summed E-state index contributed by atoms with van der Waals surface area (Å²) in [6.45, 7) is 3.95. The molecule has 0 aliphatic rings. The standard InChI is InChI=1S/C14H17N3O3S/c1-10-8-13(16-20-10)17(11(2)18)6-5-15-14(19)9-12-4-3-7-21-12/h3-4,7-8H,5-6,9H2,1-2H3,(H,15,19). The van der Waals surface area contributed by atoms with Gasteiger partial charge in [0.15, 0.2) is 5.82 Å².